The maximum Gasteiger partial charge on any atom is 0.168 e. The van der Waals surface area contributed by atoms with E-state index in [1.165, 1.54) is 19.2 Å². The first-order valence-electron chi connectivity index (χ1n) is 5.08. The van der Waals surface area contributed by atoms with Crippen LogP contribution in [0.15, 0.2) is 17.2 Å². The van der Waals surface area contributed by atoms with E-state index in [-0.39, 0.29) is 17.1 Å². The van der Waals surface area contributed by atoms with Gasteiger partial charge in [0, 0.05) is 23.4 Å². The number of ether oxygens (including phenoxy) is 1. The Hall–Kier alpha value is -2.64. The standard InChI is InChI=1S/C12H11N3O3/c1-18-11-7-9(4-2-3-5-14-15-13)6-10(8-16)12(11)17/h6-8,17H,3,5H2,1H3. The zero-order valence-electron chi connectivity index (χ0n) is 9.75. The summed E-state index contributed by atoms with van der Waals surface area (Å²) in [4.78, 5) is 13.3. The van der Waals surface area contributed by atoms with E-state index in [1.807, 2.05) is 0 Å². The first kappa shape index (κ1) is 13.4. The number of methoxy groups -OCH3 is 1. The van der Waals surface area contributed by atoms with Gasteiger partial charge in [0.1, 0.15) is 0 Å². The van der Waals surface area contributed by atoms with Gasteiger partial charge in [0.05, 0.1) is 12.7 Å². The van der Waals surface area contributed by atoms with Crippen molar-refractivity contribution >= 4 is 6.29 Å². The van der Waals surface area contributed by atoms with E-state index in [4.69, 9.17) is 10.3 Å². The molecule has 0 aromatic heterocycles. The van der Waals surface area contributed by atoms with Crippen molar-refractivity contribution in [1.29, 1.82) is 0 Å². The molecule has 0 fully saturated rings. The summed E-state index contributed by atoms with van der Waals surface area (Å²) < 4.78 is 4.93. The lowest BCUT2D eigenvalue weighted by molar-refractivity contribution is 0.112. The van der Waals surface area contributed by atoms with Crippen LogP contribution in [-0.2, 0) is 0 Å². The number of aromatic hydroxyl groups is 1. The Labute approximate surface area is 104 Å². The molecule has 0 saturated heterocycles. The van der Waals surface area contributed by atoms with Crippen LogP contribution in [0.4, 0.5) is 0 Å². The molecule has 0 radical (unpaired) electrons. The molecule has 0 spiro atoms. The number of aldehydes is 1. The molecule has 0 aliphatic carbocycles. The molecule has 0 unspecified atom stereocenters. The molecule has 6 heteroatoms. The van der Waals surface area contributed by atoms with Crippen molar-refractivity contribution in [2.75, 3.05) is 13.7 Å². The van der Waals surface area contributed by atoms with E-state index in [2.05, 4.69) is 21.9 Å². The lowest BCUT2D eigenvalue weighted by Crippen LogP contribution is -1.90. The van der Waals surface area contributed by atoms with Crippen LogP contribution >= 0.6 is 0 Å². The Balaban J connectivity index is 2.95. The normalized spacial score (nSPS) is 8.72. The second-order valence-corrected chi connectivity index (χ2v) is 3.24. The van der Waals surface area contributed by atoms with E-state index in [0.29, 0.717) is 24.8 Å². The van der Waals surface area contributed by atoms with Gasteiger partial charge in [-0.2, -0.15) is 0 Å². The fraction of sp³-hybridized carbons (Fsp3) is 0.250. The third kappa shape index (κ3) is 3.44. The molecule has 0 saturated carbocycles. The number of carbonyl (C=O) groups is 1. The average molecular weight is 245 g/mol. The Morgan fingerprint density at radius 2 is 2.39 bits per heavy atom. The lowest BCUT2D eigenvalue weighted by atomic mass is 10.1. The minimum absolute atomic E-state index is 0.119. The van der Waals surface area contributed by atoms with E-state index >= 15 is 0 Å². The summed E-state index contributed by atoms with van der Waals surface area (Å²) in [6.45, 7) is 0.291. The Kier molecular flexibility index (Phi) is 5.10. The van der Waals surface area contributed by atoms with Gasteiger partial charge in [0.2, 0.25) is 0 Å². The highest BCUT2D eigenvalue weighted by molar-refractivity contribution is 5.82. The summed E-state index contributed by atoms with van der Waals surface area (Å²) in [5.74, 6) is 5.58. The first-order chi connectivity index (χ1) is 8.72. The quantitative estimate of drug-likeness (QED) is 0.220. The Morgan fingerprint density at radius 3 is 3.00 bits per heavy atom. The van der Waals surface area contributed by atoms with Crippen LogP contribution in [0, 0.1) is 11.8 Å². The highest BCUT2D eigenvalue weighted by Crippen LogP contribution is 2.29. The first-order valence-corrected chi connectivity index (χ1v) is 5.08. The summed E-state index contributed by atoms with van der Waals surface area (Å²) in [6.07, 6.45) is 0.951. The fourth-order valence-electron chi connectivity index (χ4n) is 1.26. The topological polar surface area (TPSA) is 95.3 Å². The molecular formula is C12H11N3O3. The average Bonchev–Trinajstić information content (AvgIpc) is 2.40. The van der Waals surface area contributed by atoms with Gasteiger partial charge in [-0.3, -0.25) is 4.79 Å². The smallest absolute Gasteiger partial charge is 0.168 e. The van der Waals surface area contributed by atoms with Crippen LogP contribution < -0.4 is 4.74 Å². The molecule has 1 aromatic carbocycles. The van der Waals surface area contributed by atoms with Crippen LogP contribution in [-0.4, -0.2) is 25.0 Å². The SMILES string of the molecule is COc1cc(C#CCCN=[N+]=[N-])cc(C=O)c1O. The zero-order valence-corrected chi connectivity index (χ0v) is 9.75. The van der Waals surface area contributed by atoms with Crippen molar-refractivity contribution in [3.63, 3.8) is 0 Å². The molecule has 0 atom stereocenters. The van der Waals surface area contributed by atoms with Crippen LogP contribution in [0.25, 0.3) is 10.4 Å². The summed E-state index contributed by atoms with van der Waals surface area (Å²) >= 11 is 0. The molecule has 1 rings (SSSR count). The molecule has 6 nitrogen and oxygen atoms in total. The number of hydrogen-bond donors (Lipinski definition) is 1. The Bertz CT molecular complexity index is 552. The van der Waals surface area contributed by atoms with E-state index in [9.17, 15) is 9.90 Å². The summed E-state index contributed by atoms with van der Waals surface area (Å²) in [5.41, 5.74) is 8.74. The number of carbonyl (C=O) groups excluding carboxylic acids is 1. The highest BCUT2D eigenvalue weighted by Gasteiger charge is 2.08. The van der Waals surface area contributed by atoms with Gasteiger partial charge >= 0.3 is 0 Å². The fourth-order valence-corrected chi connectivity index (χ4v) is 1.26. The predicted octanol–water partition coefficient (Wildman–Crippen LogP) is 2.27. The third-order valence-corrected chi connectivity index (χ3v) is 2.08. The number of phenols is 1. The molecule has 0 bridgehead atoms. The number of benzene rings is 1. The monoisotopic (exact) mass is 245 g/mol. The van der Waals surface area contributed by atoms with Crippen molar-refractivity contribution in [1.82, 2.24) is 0 Å². The van der Waals surface area contributed by atoms with Crippen molar-refractivity contribution in [2.24, 2.45) is 5.11 Å². The molecule has 0 aliphatic heterocycles. The second kappa shape index (κ2) is 6.84. The minimum Gasteiger partial charge on any atom is -0.504 e. The van der Waals surface area contributed by atoms with Crippen molar-refractivity contribution in [2.45, 2.75) is 6.42 Å². The molecule has 1 aromatic rings. The van der Waals surface area contributed by atoms with Gasteiger partial charge < -0.3 is 9.84 Å². The zero-order chi connectivity index (χ0) is 13.4. The number of phenolic OH excluding ortho intramolecular Hbond substituents is 1. The summed E-state index contributed by atoms with van der Waals surface area (Å²) in [6, 6.07) is 2.99. The third-order valence-electron chi connectivity index (χ3n) is 2.08. The number of hydrogen-bond acceptors (Lipinski definition) is 4. The molecule has 92 valence electrons. The van der Waals surface area contributed by atoms with Gasteiger partial charge in [-0.05, 0) is 17.7 Å². The maximum atomic E-state index is 10.7. The molecule has 0 aliphatic rings. The van der Waals surface area contributed by atoms with Gasteiger partial charge in [-0.1, -0.05) is 17.0 Å². The Morgan fingerprint density at radius 1 is 1.61 bits per heavy atom. The van der Waals surface area contributed by atoms with Crippen LogP contribution in [0.1, 0.15) is 22.3 Å². The predicted molar refractivity (Wildman–Crippen MR) is 65.6 cm³/mol. The second-order valence-electron chi connectivity index (χ2n) is 3.24. The minimum atomic E-state index is -0.202. The molecule has 0 heterocycles. The van der Waals surface area contributed by atoms with Crippen molar-refractivity contribution < 1.29 is 14.6 Å². The summed E-state index contributed by atoms with van der Waals surface area (Å²) in [5, 5.41) is 12.9. The maximum absolute atomic E-state index is 10.7. The number of nitrogens with zero attached hydrogens (tertiary/aromatic N) is 3. The number of rotatable bonds is 4. The van der Waals surface area contributed by atoms with Gasteiger partial charge in [0.15, 0.2) is 17.8 Å². The lowest BCUT2D eigenvalue weighted by Gasteiger charge is -2.05. The van der Waals surface area contributed by atoms with Crippen LogP contribution in [0.5, 0.6) is 11.5 Å². The van der Waals surface area contributed by atoms with Crippen molar-refractivity contribution in [3.8, 4) is 23.3 Å². The van der Waals surface area contributed by atoms with Gasteiger partial charge in [-0.15, -0.1) is 0 Å². The highest BCUT2D eigenvalue weighted by atomic mass is 16.5. The molecule has 0 amide bonds. The number of azide groups is 1. The largest absolute Gasteiger partial charge is 0.504 e. The van der Waals surface area contributed by atoms with E-state index in [0.717, 1.165) is 0 Å². The van der Waals surface area contributed by atoms with Crippen molar-refractivity contribution in [3.05, 3.63) is 33.7 Å². The molecule has 1 N–H and O–H groups in total. The summed E-state index contributed by atoms with van der Waals surface area (Å²) in [7, 11) is 1.39. The van der Waals surface area contributed by atoms with Gasteiger partial charge in [-0.25, -0.2) is 0 Å². The van der Waals surface area contributed by atoms with E-state index < -0.39 is 0 Å². The molecular weight excluding hydrogens is 234 g/mol. The van der Waals surface area contributed by atoms with E-state index in [1.54, 1.807) is 0 Å². The van der Waals surface area contributed by atoms with Crippen LogP contribution in [0.3, 0.4) is 0 Å². The van der Waals surface area contributed by atoms with Crippen LogP contribution in [0.2, 0.25) is 0 Å². The molecule has 18 heavy (non-hydrogen) atoms. The van der Waals surface area contributed by atoms with Gasteiger partial charge in [0.25, 0.3) is 0 Å².